The lowest BCUT2D eigenvalue weighted by molar-refractivity contribution is 0.102. The van der Waals surface area contributed by atoms with E-state index >= 15 is 0 Å². The van der Waals surface area contributed by atoms with Crippen LogP contribution in [0.3, 0.4) is 0 Å². The number of hydrogen-bond donors (Lipinski definition) is 1. The zero-order chi connectivity index (χ0) is 15.4. The molecule has 0 bridgehead atoms. The molecule has 0 aliphatic carbocycles. The number of amides is 1. The Bertz CT molecular complexity index is 780. The van der Waals surface area contributed by atoms with Gasteiger partial charge in [0.2, 0.25) is 0 Å². The molecular weight excluding hydrogens is 272 g/mol. The van der Waals surface area contributed by atoms with Crippen molar-refractivity contribution in [2.75, 3.05) is 5.32 Å². The molecule has 0 radical (unpaired) electrons. The van der Waals surface area contributed by atoms with Crippen molar-refractivity contribution in [2.24, 2.45) is 0 Å². The molecule has 0 fully saturated rings. The summed E-state index contributed by atoms with van der Waals surface area (Å²) >= 11 is 0. The van der Waals surface area contributed by atoms with Crippen LogP contribution in [0.2, 0.25) is 0 Å². The van der Waals surface area contributed by atoms with E-state index in [1.165, 1.54) is 0 Å². The van der Waals surface area contributed by atoms with Crippen LogP contribution < -0.4 is 5.32 Å². The van der Waals surface area contributed by atoms with Gasteiger partial charge in [-0.3, -0.25) is 4.79 Å². The van der Waals surface area contributed by atoms with Crippen molar-refractivity contribution in [1.82, 2.24) is 4.98 Å². The first-order valence-corrected chi connectivity index (χ1v) is 7.12. The Morgan fingerprint density at radius 1 is 0.909 bits per heavy atom. The van der Waals surface area contributed by atoms with Gasteiger partial charge in [0.05, 0.1) is 0 Å². The Labute approximate surface area is 129 Å². The number of carbonyl (C=O) groups is 1. The molecule has 3 nitrogen and oxygen atoms in total. The van der Waals surface area contributed by atoms with Gasteiger partial charge in [-0.05, 0) is 41.8 Å². The van der Waals surface area contributed by atoms with Crippen LogP contribution in [0.4, 0.5) is 5.82 Å². The van der Waals surface area contributed by atoms with E-state index in [1.54, 1.807) is 18.3 Å². The minimum atomic E-state index is -0.158. The van der Waals surface area contributed by atoms with Gasteiger partial charge in [0, 0.05) is 11.8 Å². The van der Waals surface area contributed by atoms with Crippen molar-refractivity contribution < 1.29 is 4.79 Å². The zero-order valence-electron chi connectivity index (χ0n) is 12.3. The van der Waals surface area contributed by atoms with Gasteiger partial charge in [-0.2, -0.15) is 0 Å². The molecule has 22 heavy (non-hydrogen) atoms. The largest absolute Gasteiger partial charge is 0.307 e. The van der Waals surface area contributed by atoms with Gasteiger partial charge in [-0.15, -0.1) is 0 Å². The van der Waals surface area contributed by atoms with Gasteiger partial charge in [-0.25, -0.2) is 4.98 Å². The van der Waals surface area contributed by atoms with Crippen molar-refractivity contribution >= 4 is 11.7 Å². The first-order chi connectivity index (χ1) is 10.7. The summed E-state index contributed by atoms with van der Waals surface area (Å²) in [6.07, 6.45) is 1.73. The summed E-state index contributed by atoms with van der Waals surface area (Å²) in [5.74, 6) is 0.398. The summed E-state index contributed by atoms with van der Waals surface area (Å²) in [5, 5.41) is 2.81. The topological polar surface area (TPSA) is 42.0 Å². The summed E-state index contributed by atoms with van der Waals surface area (Å²) in [5.41, 5.74) is 3.78. The summed E-state index contributed by atoms with van der Waals surface area (Å²) in [4.78, 5) is 16.5. The quantitative estimate of drug-likeness (QED) is 0.780. The second-order valence-corrected chi connectivity index (χ2v) is 5.12. The fraction of sp³-hybridized carbons (Fsp3) is 0.0526. The van der Waals surface area contributed by atoms with E-state index in [2.05, 4.69) is 10.3 Å². The Hall–Kier alpha value is -2.94. The minimum absolute atomic E-state index is 0.158. The van der Waals surface area contributed by atoms with Gasteiger partial charge < -0.3 is 5.32 Å². The van der Waals surface area contributed by atoms with Gasteiger partial charge in [0.1, 0.15) is 5.82 Å². The van der Waals surface area contributed by atoms with Crippen LogP contribution in [-0.4, -0.2) is 10.9 Å². The number of nitrogens with zero attached hydrogens (tertiary/aromatic N) is 1. The van der Waals surface area contributed by atoms with Crippen molar-refractivity contribution in [2.45, 2.75) is 6.92 Å². The molecule has 0 spiro atoms. The van der Waals surface area contributed by atoms with Crippen LogP contribution in [0.15, 0.2) is 72.9 Å². The Kier molecular flexibility index (Phi) is 3.97. The molecule has 0 unspecified atom stereocenters. The van der Waals surface area contributed by atoms with E-state index < -0.39 is 0 Å². The first-order valence-electron chi connectivity index (χ1n) is 7.12. The number of carbonyl (C=O) groups excluding carboxylic acids is 1. The van der Waals surface area contributed by atoms with Crippen LogP contribution in [-0.2, 0) is 0 Å². The maximum atomic E-state index is 12.3. The van der Waals surface area contributed by atoms with Gasteiger partial charge in [-0.1, -0.05) is 48.5 Å². The SMILES string of the molecule is Cc1ccc(NC(=O)c2cccc(-c3ccccc3)c2)nc1. The van der Waals surface area contributed by atoms with Gasteiger partial charge in [0.25, 0.3) is 5.91 Å². The highest BCUT2D eigenvalue weighted by molar-refractivity contribution is 6.04. The average molecular weight is 288 g/mol. The predicted octanol–water partition coefficient (Wildman–Crippen LogP) is 4.31. The summed E-state index contributed by atoms with van der Waals surface area (Å²) in [7, 11) is 0. The van der Waals surface area contributed by atoms with E-state index in [-0.39, 0.29) is 5.91 Å². The molecule has 1 aromatic heterocycles. The normalized spacial score (nSPS) is 10.2. The lowest BCUT2D eigenvalue weighted by Crippen LogP contribution is -2.12. The molecule has 0 atom stereocenters. The van der Waals surface area contributed by atoms with Gasteiger partial charge >= 0.3 is 0 Å². The maximum absolute atomic E-state index is 12.3. The molecule has 3 heteroatoms. The van der Waals surface area contributed by atoms with E-state index in [0.29, 0.717) is 11.4 Å². The molecule has 1 heterocycles. The molecule has 3 rings (SSSR count). The molecule has 108 valence electrons. The summed E-state index contributed by atoms with van der Waals surface area (Å²) < 4.78 is 0. The molecule has 2 aromatic carbocycles. The number of anilines is 1. The molecule has 0 saturated carbocycles. The van der Waals surface area contributed by atoms with E-state index in [1.807, 2.05) is 61.5 Å². The Morgan fingerprint density at radius 2 is 1.68 bits per heavy atom. The monoisotopic (exact) mass is 288 g/mol. The minimum Gasteiger partial charge on any atom is -0.307 e. The number of aromatic nitrogens is 1. The molecule has 3 aromatic rings. The maximum Gasteiger partial charge on any atom is 0.256 e. The number of nitrogens with one attached hydrogen (secondary N) is 1. The standard InChI is InChI=1S/C19H16N2O/c1-14-10-11-18(20-13-14)21-19(22)17-9-5-8-16(12-17)15-6-3-2-4-7-15/h2-13H,1H3,(H,20,21,22). The van der Waals surface area contributed by atoms with Crippen molar-refractivity contribution in [1.29, 1.82) is 0 Å². The Balaban J connectivity index is 1.82. The number of pyridine rings is 1. The predicted molar refractivity (Wildman–Crippen MR) is 88.8 cm³/mol. The number of aryl methyl sites for hydroxylation is 1. The van der Waals surface area contributed by atoms with E-state index in [0.717, 1.165) is 16.7 Å². The van der Waals surface area contributed by atoms with Crippen molar-refractivity contribution in [3.8, 4) is 11.1 Å². The lowest BCUT2D eigenvalue weighted by atomic mass is 10.0. The second-order valence-electron chi connectivity index (χ2n) is 5.12. The van der Waals surface area contributed by atoms with Crippen molar-refractivity contribution in [3.05, 3.63) is 84.1 Å². The van der Waals surface area contributed by atoms with E-state index in [4.69, 9.17) is 0 Å². The molecule has 0 saturated heterocycles. The third kappa shape index (κ3) is 3.20. The summed E-state index contributed by atoms with van der Waals surface area (Å²) in [6.45, 7) is 1.96. The first kappa shape index (κ1) is 14.0. The molecule has 0 aliphatic rings. The fourth-order valence-electron chi connectivity index (χ4n) is 2.20. The van der Waals surface area contributed by atoms with Crippen LogP contribution in [0.5, 0.6) is 0 Å². The number of benzene rings is 2. The number of rotatable bonds is 3. The van der Waals surface area contributed by atoms with Gasteiger partial charge in [0.15, 0.2) is 0 Å². The molecule has 1 N–H and O–H groups in total. The third-order valence-electron chi connectivity index (χ3n) is 3.38. The molecule has 1 amide bonds. The fourth-order valence-corrected chi connectivity index (χ4v) is 2.20. The third-order valence-corrected chi connectivity index (χ3v) is 3.38. The number of hydrogen-bond acceptors (Lipinski definition) is 2. The Morgan fingerprint density at radius 3 is 2.41 bits per heavy atom. The van der Waals surface area contributed by atoms with Crippen LogP contribution in [0.25, 0.3) is 11.1 Å². The van der Waals surface area contributed by atoms with Crippen molar-refractivity contribution in [3.63, 3.8) is 0 Å². The highest BCUT2D eigenvalue weighted by Gasteiger charge is 2.08. The zero-order valence-corrected chi connectivity index (χ0v) is 12.3. The van der Waals surface area contributed by atoms with Crippen LogP contribution in [0.1, 0.15) is 15.9 Å². The average Bonchev–Trinajstić information content (AvgIpc) is 2.58. The highest BCUT2D eigenvalue weighted by Crippen LogP contribution is 2.20. The lowest BCUT2D eigenvalue weighted by Gasteiger charge is -2.07. The molecular formula is C19H16N2O. The highest BCUT2D eigenvalue weighted by atomic mass is 16.1. The smallest absolute Gasteiger partial charge is 0.256 e. The van der Waals surface area contributed by atoms with E-state index in [9.17, 15) is 4.79 Å². The summed E-state index contributed by atoms with van der Waals surface area (Å²) in [6, 6.07) is 21.3. The van der Waals surface area contributed by atoms with Crippen LogP contribution >= 0.6 is 0 Å². The van der Waals surface area contributed by atoms with Crippen LogP contribution in [0, 0.1) is 6.92 Å². The second kappa shape index (κ2) is 6.22. The molecule has 0 aliphatic heterocycles.